The predicted octanol–water partition coefficient (Wildman–Crippen LogP) is 11.5. The van der Waals surface area contributed by atoms with Crippen LogP contribution in [0, 0.1) is 0 Å². The standard InChI is InChI=1S/C35H69N2/c1-4-7-10-13-15-17-19-21-23-25-27-30-35-36(31-28-12-9-6-3)33-34-37(35)32-29-26-24-22-20-18-16-14-11-8-5-2/h33-34H,4-32H2,1-3H3/q+1. The van der Waals surface area contributed by atoms with Gasteiger partial charge in [-0.1, -0.05) is 156 Å². The van der Waals surface area contributed by atoms with Crippen LogP contribution in [0.2, 0.25) is 0 Å². The first-order valence-electron chi connectivity index (χ1n) is 17.4. The van der Waals surface area contributed by atoms with E-state index >= 15 is 0 Å². The van der Waals surface area contributed by atoms with Gasteiger partial charge in [0.25, 0.3) is 5.82 Å². The Hall–Kier alpha value is -0.790. The topological polar surface area (TPSA) is 8.81 Å². The maximum absolute atomic E-state index is 2.61. The van der Waals surface area contributed by atoms with Gasteiger partial charge in [0.1, 0.15) is 12.4 Å². The van der Waals surface area contributed by atoms with Crippen molar-refractivity contribution >= 4 is 0 Å². The lowest BCUT2D eigenvalue weighted by molar-refractivity contribution is -0.704. The van der Waals surface area contributed by atoms with Gasteiger partial charge in [-0.2, -0.15) is 0 Å². The van der Waals surface area contributed by atoms with Crippen molar-refractivity contribution in [3.63, 3.8) is 0 Å². The van der Waals surface area contributed by atoms with E-state index in [0.29, 0.717) is 0 Å². The molecule has 0 atom stereocenters. The van der Waals surface area contributed by atoms with Crippen molar-refractivity contribution in [3.05, 3.63) is 18.2 Å². The molecule has 0 aliphatic rings. The number of unbranched alkanes of at least 4 members (excludes halogenated alkanes) is 23. The zero-order valence-electron chi connectivity index (χ0n) is 26.1. The maximum Gasteiger partial charge on any atom is 0.256 e. The van der Waals surface area contributed by atoms with Crippen LogP contribution in [0.25, 0.3) is 0 Å². The van der Waals surface area contributed by atoms with E-state index in [9.17, 15) is 0 Å². The quantitative estimate of drug-likeness (QED) is 0.0737. The molecule has 2 nitrogen and oxygen atoms in total. The van der Waals surface area contributed by atoms with Crippen LogP contribution in [-0.2, 0) is 19.5 Å². The summed E-state index contributed by atoms with van der Waals surface area (Å²) in [7, 11) is 0. The monoisotopic (exact) mass is 518 g/mol. The highest BCUT2D eigenvalue weighted by atomic mass is 15.1. The second-order valence-electron chi connectivity index (χ2n) is 12.0. The lowest BCUT2D eigenvalue weighted by Gasteiger charge is -2.07. The van der Waals surface area contributed by atoms with Crippen LogP contribution < -0.4 is 4.57 Å². The van der Waals surface area contributed by atoms with E-state index in [-0.39, 0.29) is 0 Å². The molecule has 0 aromatic carbocycles. The van der Waals surface area contributed by atoms with E-state index in [4.69, 9.17) is 0 Å². The molecule has 0 spiro atoms. The van der Waals surface area contributed by atoms with Crippen molar-refractivity contribution in [1.82, 2.24) is 4.57 Å². The predicted molar refractivity (Wildman–Crippen MR) is 165 cm³/mol. The van der Waals surface area contributed by atoms with E-state index in [2.05, 4.69) is 42.3 Å². The largest absolute Gasteiger partial charge is 0.256 e. The van der Waals surface area contributed by atoms with E-state index in [1.807, 2.05) is 0 Å². The summed E-state index contributed by atoms with van der Waals surface area (Å²) >= 11 is 0. The molecule has 1 rings (SSSR count). The van der Waals surface area contributed by atoms with Gasteiger partial charge in [-0.25, -0.2) is 9.13 Å². The molecule has 1 aromatic rings. The average Bonchev–Trinajstić information content (AvgIpc) is 3.29. The zero-order chi connectivity index (χ0) is 26.7. The highest BCUT2D eigenvalue weighted by Gasteiger charge is 2.16. The molecule has 0 amide bonds. The normalized spacial score (nSPS) is 11.5. The van der Waals surface area contributed by atoms with Gasteiger partial charge in [0, 0.05) is 6.42 Å². The van der Waals surface area contributed by atoms with E-state index in [1.54, 1.807) is 5.82 Å². The van der Waals surface area contributed by atoms with E-state index in [0.717, 1.165) is 0 Å². The molecular weight excluding hydrogens is 448 g/mol. The van der Waals surface area contributed by atoms with Crippen molar-refractivity contribution < 1.29 is 4.57 Å². The van der Waals surface area contributed by atoms with Crippen molar-refractivity contribution in [2.45, 2.75) is 207 Å². The SMILES string of the molecule is CCCCCCCCCCCCCc1n(CCCCCCCCCCCCC)cc[n+]1CCCCCC. The number of aromatic nitrogens is 2. The molecule has 37 heavy (non-hydrogen) atoms. The van der Waals surface area contributed by atoms with Gasteiger partial charge in [0.05, 0.1) is 13.1 Å². The Balaban J connectivity index is 2.25. The summed E-state index contributed by atoms with van der Waals surface area (Å²) in [6, 6.07) is 0. The number of hydrogen-bond acceptors (Lipinski definition) is 0. The van der Waals surface area contributed by atoms with Gasteiger partial charge in [-0.3, -0.25) is 0 Å². The van der Waals surface area contributed by atoms with Crippen LogP contribution in [-0.4, -0.2) is 4.57 Å². The smallest absolute Gasteiger partial charge is 0.234 e. The zero-order valence-corrected chi connectivity index (χ0v) is 26.1. The van der Waals surface area contributed by atoms with Crippen molar-refractivity contribution in [3.8, 4) is 0 Å². The Morgan fingerprint density at radius 1 is 0.459 bits per heavy atom. The molecule has 0 bridgehead atoms. The Labute approximate surface area is 234 Å². The fourth-order valence-electron chi connectivity index (χ4n) is 5.80. The molecule has 218 valence electrons. The second kappa shape index (κ2) is 26.8. The average molecular weight is 518 g/mol. The summed E-state index contributed by atoms with van der Waals surface area (Å²) in [5.41, 5.74) is 0. The van der Waals surface area contributed by atoms with Crippen LogP contribution in [0.4, 0.5) is 0 Å². The number of rotatable bonds is 29. The Morgan fingerprint density at radius 3 is 1.30 bits per heavy atom. The second-order valence-corrected chi connectivity index (χ2v) is 12.0. The first-order valence-corrected chi connectivity index (χ1v) is 17.4. The highest BCUT2D eigenvalue weighted by molar-refractivity contribution is 4.84. The maximum atomic E-state index is 2.61. The summed E-state index contributed by atoms with van der Waals surface area (Å²) in [6.45, 7) is 9.38. The van der Waals surface area contributed by atoms with E-state index in [1.165, 1.54) is 186 Å². The highest BCUT2D eigenvalue weighted by Crippen LogP contribution is 2.14. The first kappa shape index (κ1) is 34.2. The van der Waals surface area contributed by atoms with Crippen molar-refractivity contribution in [2.75, 3.05) is 0 Å². The van der Waals surface area contributed by atoms with Gasteiger partial charge in [0.2, 0.25) is 0 Å². The molecular formula is C35H69N2+. The Bertz CT molecular complexity index is 576. The van der Waals surface area contributed by atoms with Crippen molar-refractivity contribution in [2.24, 2.45) is 0 Å². The minimum Gasteiger partial charge on any atom is -0.234 e. The molecule has 0 radical (unpaired) electrons. The fraction of sp³-hybridized carbons (Fsp3) is 0.914. The molecule has 1 heterocycles. The summed E-state index contributed by atoms with van der Waals surface area (Å²) in [5, 5.41) is 0. The molecule has 0 unspecified atom stereocenters. The minimum absolute atomic E-state index is 1.22. The van der Waals surface area contributed by atoms with Crippen LogP contribution in [0.1, 0.15) is 194 Å². The summed E-state index contributed by atoms with van der Waals surface area (Å²) in [4.78, 5) is 0. The first-order chi connectivity index (χ1) is 18.3. The molecule has 0 aliphatic carbocycles. The number of aryl methyl sites for hydroxylation is 2. The molecule has 0 fully saturated rings. The van der Waals surface area contributed by atoms with Crippen molar-refractivity contribution in [1.29, 1.82) is 0 Å². The molecule has 2 heteroatoms. The third-order valence-corrected chi connectivity index (χ3v) is 8.35. The summed E-state index contributed by atoms with van der Waals surface area (Å²) in [5.74, 6) is 1.61. The molecule has 0 N–H and O–H groups in total. The Kier molecular flexibility index (Phi) is 24.8. The van der Waals surface area contributed by atoms with Gasteiger partial charge in [-0.05, 0) is 32.1 Å². The number of imidazole rings is 1. The van der Waals surface area contributed by atoms with Crippen LogP contribution in [0.5, 0.6) is 0 Å². The summed E-state index contributed by atoms with van der Waals surface area (Å²) < 4.78 is 5.22. The molecule has 0 saturated heterocycles. The fourth-order valence-corrected chi connectivity index (χ4v) is 5.80. The van der Waals surface area contributed by atoms with Gasteiger partial charge in [0.15, 0.2) is 0 Å². The lowest BCUT2D eigenvalue weighted by atomic mass is 10.0. The number of nitrogens with zero attached hydrogens (tertiary/aromatic N) is 2. The number of hydrogen-bond donors (Lipinski definition) is 0. The molecule has 1 aromatic heterocycles. The van der Waals surface area contributed by atoms with Gasteiger partial charge >= 0.3 is 0 Å². The minimum atomic E-state index is 1.22. The van der Waals surface area contributed by atoms with Gasteiger partial charge in [-0.15, -0.1) is 0 Å². The molecule has 0 saturated carbocycles. The Morgan fingerprint density at radius 2 is 0.838 bits per heavy atom. The molecule has 0 aliphatic heterocycles. The third kappa shape index (κ3) is 19.9. The summed E-state index contributed by atoms with van der Waals surface area (Å²) in [6.07, 6.45) is 43.0. The third-order valence-electron chi connectivity index (χ3n) is 8.35. The van der Waals surface area contributed by atoms with Crippen LogP contribution >= 0.6 is 0 Å². The van der Waals surface area contributed by atoms with Crippen LogP contribution in [0.15, 0.2) is 12.4 Å². The van der Waals surface area contributed by atoms with E-state index < -0.39 is 0 Å². The van der Waals surface area contributed by atoms with Gasteiger partial charge < -0.3 is 0 Å². The van der Waals surface area contributed by atoms with Crippen LogP contribution in [0.3, 0.4) is 0 Å². The lowest BCUT2D eigenvalue weighted by Crippen LogP contribution is -2.37.